The second kappa shape index (κ2) is 8.09. The van der Waals surface area contributed by atoms with Crippen molar-refractivity contribution in [2.75, 3.05) is 17.7 Å². The van der Waals surface area contributed by atoms with Crippen LogP contribution in [0, 0.1) is 6.92 Å². The van der Waals surface area contributed by atoms with E-state index in [1.54, 1.807) is 24.3 Å². The molecule has 2 aromatic carbocycles. The molecule has 0 saturated carbocycles. The SMILES string of the molecule is COC(=O)c1ccccc1Nc1nccc(C(=O)Nc2ccccc2C)n1. The third-order valence-corrected chi connectivity index (χ3v) is 3.86. The predicted octanol–water partition coefficient (Wildman–Crippen LogP) is 3.57. The first-order chi connectivity index (χ1) is 13.1. The summed E-state index contributed by atoms with van der Waals surface area (Å²) in [5, 5.41) is 5.78. The van der Waals surface area contributed by atoms with Gasteiger partial charge in [-0.15, -0.1) is 0 Å². The molecule has 1 amide bonds. The molecule has 0 radical (unpaired) electrons. The van der Waals surface area contributed by atoms with Crippen LogP contribution in [0.4, 0.5) is 17.3 Å². The molecule has 7 nitrogen and oxygen atoms in total. The average Bonchev–Trinajstić information content (AvgIpc) is 2.70. The highest BCUT2D eigenvalue weighted by atomic mass is 16.5. The van der Waals surface area contributed by atoms with Crippen molar-refractivity contribution in [1.29, 1.82) is 0 Å². The van der Waals surface area contributed by atoms with E-state index in [2.05, 4.69) is 20.6 Å². The van der Waals surface area contributed by atoms with E-state index in [4.69, 9.17) is 4.74 Å². The second-order valence-corrected chi connectivity index (χ2v) is 5.70. The van der Waals surface area contributed by atoms with E-state index in [1.165, 1.54) is 19.4 Å². The number of ether oxygens (including phenoxy) is 1. The Morgan fingerprint density at radius 3 is 2.41 bits per heavy atom. The van der Waals surface area contributed by atoms with Crippen LogP contribution in [0.15, 0.2) is 60.8 Å². The van der Waals surface area contributed by atoms with Crippen LogP contribution in [-0.2, 0) is 4.74 Å². The van der Waals surface area contributed by atoms with Crippen molar-refractivity contribution in [1.82, 2.24) is 9.97 Å². The van der Waals surface area contributed by atoms with Gasteiger partial charge in [-0.3, -0.25) is 4.79 Å². The molecular formula is C20H18N4O3. The van der Waals surface area contributed by atoms with Crippen molar-refractivity contribution in [3.05, 3.63) is 77.6 Å². The zero-order valence-corrected chi connectivity index (χ0v) is 14.9. The average molecular weight is 362 g/mol. The van der Waals surface area contributed by atoms with E-state index in [0.717, 1.165) is 5.56 Å². The molecule has 2 N–H and O–H groups in total. The lowest BCUT2D eigenvalue weighted by Gasteiger charge is -2.11. The third kappa shape index (κ3) is 4.27. The van der Waals surface area contributed by atoms with Gasteiger partial charge in [0.1, 0.15) is 5.69 Å². The number of nitrogens with one attached hydrogen (secondary N) is 2. The lowest BCUT2D eigenvalue weighted by molar-refractivity contribution is 0.0601. The summed E-state index contributed by atoms with van der Waals surface area (Å²) in [5.41, 5.74) is 2.70. The Bertz CT molecular complexity index is 988. The number of aromatic nitrogens is 2. The van der Waals surface area contributed by atoms with Gasteiger partial charge in [0, 0.05) is 11.9 Å². The molecule has 0 saturated heterocycles. The van der Waals surface area contributed by atoms with Crippen molar-refractivity contribution in [2.24, 2.45) is 0 Å². The molecule has 0 unspecified atom stereocenters. The molecule has 136 valence electrons. The summed E-state index contributed by atoms with van der Waals surface area (Å²) < 4.78 is 4.77. The topological polar surface area (TPSA) is 93.2 Å². The molecule has 0 atom stereocenters. The van der Waals surface area contributed by atoms with Crippen molar-refractivity contribution in [2.45, 2.75) is 6.92 Å². The van der Waals surface area contributed by atoms with Gasteiger partial charge in [-0.05, 0) is 36.8 Å². The number of nitrogens with zero attached hydrogens (tertiary/aromatic N) is 2. The van der Waals surface area contributed by atoms with E-state index in [1.807, 2.05) is 31.2 Å². The van der Waals surface area contributed by atoms with Crippen LogP contribution in [0.3, 0.4) is 0 Å². The molecular weight excluding hydrogens is 344 g/mol. The maximum atomic E-state index is 12.5. The minimum atomic E-state index is -0.480. The smallest absolute Gasteiger partial charge is 0.339 e. The molecule has 7 heteroatoms. The van der Waals surface area contributed by atoms with Gasteiger partial charge >= 0.3 is 5.97 Å². The molecule has 0 bridgehead atoms. The summed E-state index contributed by atoms with van der Waals surface area (Å²) in [6.45, 7) is 1.91. The second-order valence-electron chi connectivity index (χ2n) is 5.70. The highest BCUT2D eigenvalue weighted by molar-refractivity contribution is 6.03. The van der Waals surface area contributed by atoms with Crippen LogP contribution in [0.1, 0.15) is 26.4 Å². The van der Waals surface area contributed by atoms with E-state index in [0.29, 0.717) is 16.9 Å². The summed E-state index contributed by atoms with van der Waals surface area (Å²) in [5.74, 6) is -0.633. The molecule has 3 aromatic rings. The number of hydrogen-bond donors (Lipinski definition) is 2. The molecule has 0 fully saturated rings. The number of amides is 1. The monoisotopic (exact) mass is 362 g/mol. The Morgan fingerprint density at radius 1 is 0.963 bits per heavy atom. The number of carbonyl (C=O) groups is 2. The van der Waals surface area contributed by atoms with E-state index in [-0.39, 0.29) is 17.5 Å². The van der Waals surface area contributed by atoms with Gasteiger partial charge < -0.3 is 15.4 Å². The van der Waals surface area contributed by atoms with Gasteiger partial charge in [0.15, 0.2) is 0 Å². The fourth-order valence-electron chi connectivity index (χ4n) is 2.45. The van der Waals surface area contributed by atoms with Crippen LogP contribution >= 0.6 is 0 Å². The first-order valence-electron chi connectivity index (χ1n) is 8.23. The summed E-state index contributed by atoms with van der Waals surface area (Å²) in [7, 11) is 1.31. The van der Waals surface area contributed by atoms with Gasteiger partial charge in [-0.25, -0.2) is 14.8 Å². The molecule has 3 rings (SSSR count). The fourth-order valence-corrected chi connectivity index (χ4v) is 2.45. The van der Waals surface area contributed by atoms with Gasteiger partial charge in [0.2, 0.25) is 5.95 Å². The van der Waals surface area contributed by atoms with Crippen molar-refractivity contribution in [3.8, 4) is 0 Å². The number of rotatable bonds is 5. The molecule has 0 spiro atoms. The van der Waals surface area contributed by atoms with Crippen LogP contribution in [0.2, 0.25) is 0 Å². The number of anilines is 3. The van der Waals surface area contributed by atoms with Gasteiger partial charge in [0.05, 0.1) is 18.4 Å². The maximum Gasteiger partial charge on any atom is 0.339 e. The lowest BCUT2D eigenvalue weighted by Crippen LogP contribution is -2.15. The fraction of sp³-hybridized carbons (Fsp3) is 0.100. The van der Waals surface area contributed by atoms with Crippen LogP contribution in [0.5, 0.6) is 0 Å². The molecule has 0 aliphatic carbocycles. The number of benzene rings is 2. The Hall–Kier alpha value is -3.74. The lowest BCUT2D eigenvalue weighted by atomic mass is 10.2. The highest BCUT2D eigenvalue weighted by Crippen LogP contribution is 2.20. The van der Waals surface area contributed by atoms with E-state index < -0.39 is 5.97 Å². The quantitative estimate of drug-likeness (QED) is 0.674. The number of hydrogen-bond acceptors (Lipinski definition) is 6. The number of para-hydroxylation sites is 2. The number of carbonyl (C=O) groups excluding carboxylic acids is 2. The van der Waals surface area contributed by atoms with Crippen LogP contribution in [0.25, 0.3) is 0 Å². The molecule has 27 heavy (non-hydrogen) atoms. The Labute approximate surface area is 156 Å². The van der Waals surface area contributed by atoms with Crippen LogP contribution in [-0.4, -0.2) is 29.0 Å². The largest absolute Gasteiger partial charge is 0.465 e. The van der Waals surface area contributed by atoms with Crippen molar-refractivity contribution < 1.29 is 14.3 Å². The first-order valence-corrected chi connectivity index (χ1v) is 8.23. The number of esters is 1. The molecule has 0 aliphatic heterocycles. The van der Waals surface area contributed by atoms with Gasteiger partial charge in [-0.2, -0.15) is 0 Å². The zero-order chi connectivity index (χ0) is 19.2. The number of aryl methyl sites for hydroxylation is 1. The molecule has 0 aliphatic rings. The minimum Gasteiger partial charge on any atom is -0.465 e. The normalized spacial score (nSPS) is 10.1. The third-order valence-electron chi connectivity index (χ3n) is 3.86. The summed E-state index contributed by atoms with van der Waals surface area (Å²) in [6, 6.07) is 15.8. The summed E-state index contributed by atoms with van der Waals surface area (Å²) in [4.78, 5) is 32.7. The first kappa shape index (κ1) is 18.1. The van der Waals surface area contributed by atoms with Crippen molar-refractivity contribution >= 4 is 29.2 Å². The summed E-state index contributed by atoms with van der Waals surface area (Å²) in [6.07, 6.45) is 1.48. The number of methoxy groups -OCH3 is 1. The molecule has 1 aromatic heterocycles. The Morgan fingerprint density at radius 2 is 1.67 bits per heavy atom. The standard InChI is InChI=1S/C20H18N4O3/c1-13-7-3-5-9-15(13)22-18(25)17-11-12-21-20(24-17)23-16-10-6-4-8-14(16)19(26)27-2/h3-12H,1-2H3,(H,22,25)(H,21,23,24). The summed E-state index contributed by atoms with van der Waals surface area (Å²) >= 11 is 0. The predicted molar refractivity (Wildman–Crippen MR) is 102 cm³/mol. The zero-order valence-electron chi connectivity index (χ0n) is 14.9. The van der Waals surface area contributed by atoms with Gasteiger partial charge in [0.25, 0.3) is 5.91 Å². The highest BCUT2D eigenvalue weighted by Gasteiger charge is 2.14. The van der Waals surface area contributed by atoms with Gasteiger partial charge in [-0.1, -0.05) is 30.3 Å². The Kier molecular flexibility index (Phi) is 5.41. The van der Waals surface area contributed by atoms with E-state index in [9.17, 15) is 9.59 Å². The maximum absolute atomic E-state index is 12.5. The van der Waals surface area contributed by atoms with E-state index >= 15 is 0 Å². The van der Waals surface area contributed by atoms with Crippen LogP contribution < -0.4 is 10.6 Å². The minimum absolute atomic E-state index is 0.198. The van der Waals surface area contributed by atoms with Crippen molar-refractivity contribution in [3.63, 3.8) is 0 Å². The Balaban J connectivity index is 1.81. The molecule has 1 heterocycles.